The smallest absolute Gasteiger partial charge is 0.234 e. The fourth-order valence-electron chi connectivity index (χ4n) is 2.77. The molecular weight excluding hydrogens is 398 g/mol. The van der Waals surface area contributed by atoms with Gasteiger partial charge < -0.3 is 10.1 Å². The van der Waals surface area contributed by atoms with E-state index in [0.29, 0.717) is 27.3 Å². The number of benzene rings is 2. The number of ether oxygens (including phenoxy) is 1. The molecule has 7 nitrogen and oxygen atoms in total. The topological polar surface area (TPSA) is 81.9 Å². The molecule has 1 N–H and O–H groups in total. The van der Waals surface area contributed by atoms with E-state index in [9.17, 15) is 4.79 Å². The summed E-state index contributed by atoms with van der Waals surface area (Å²) in [5.74, 6) is 0.592. The normalized spacial score (nSPS) is 10.8. The van der Waals surface area contributed by atoms with Crippen LogP contribution in [0.5, 0.6) is 5.75 Å². The van der Waals surface area contributed by atoms with E-state index in [-0.39, 0.29) is 11.7 Å². The first-order valence-corrected chi connectivity index (χ1v) is 9.88. The van der Waals surface area contributed by atoms with E-state index >= 15 is 0 Å². The monoisotopic (exact) mass is 417 g/mol. The number of carbonyl (C=O) groups excluding carboxylic acids is 1. The van der Waals surface area contributed by atoms with Crippen LogP contribution in [-0.2, 0) is 4.79 Å². The summed E-state index contributed by atoms with van der Waals surface area (Å²) < 4.78 is 6.96. The van der Waals surface area contributed by atoms with Crippen molar-refractivity contribution in [3.05, 3.63) is 52.0 Å². The Balaban J connectivity index is 1.74. The van der Waals surface area contributed by atoms with Crippen molar-refractivity contribution in [2.24, 2.45) is 0 Å². The SMILES string of the molecule is COc1ccc(C)cc1-n1nnnc1SCC(=O)Nc1c(C)cc(C)cc1Cl. The second kappa shape index (κ2) is 8.62. The molecule has 146 valence electrons. The molecule has 0 atom stereocenters. The molecule has 1 amide bonds. The first-order valence-electron chi connectivity index (χ1n) is 8.52. The number of hydrogen-bond acceptors (Lipinski definition) is 6. The molecule has 0 saturated carbocycles. The van der Waals surface area contributed by atoms with Crippen molar-refractivity contribution in [3.8, 4) is 11.4 Å². The maximum atomic E-state index is 12.4. The summed E-state index contributed by atoms with van der Waals surface area (Å²) in [6.45, 7) is 5.84. The highest BCUT2D eigenvalue weighted by Crippen LogP contribution is 2.29. The van der Waals surface area contributed by atoms with Crippen LogP contribution in [0, 0.1) is 20.8 Å². The Hall–Kier alpha value is -2.58. The summed E-state index contributed by atoms with van der Waals surface area (Å²) in [5, 5.41) is 15.7. The quantitative estimate of drug-likeness (QED) is 0.611. The number of aryl methyl sites for hydroxylation is 3. The average molecular weight is 418 g/mol. The Labute approximate surface area is 172 Å². The third-order valence-corrected chi connectivity index (χ3v) is 5.25. The minimum atomic E-state index is -0.190. The van der Waals surface area contributed by atoms with E-state index in [2.05, 4.69) is 20.8 Å². The van der Waals surface area contributed by atoms with Crippen molar-refractivity contribution < 1.29 is 9.53 Å². The molecule has 28 heavy (non-hydrogen) atoms. The Morgan fingerprint density at radius 3 is 2.71 bits per heavy atom. The second-order valence-electron chi connectivity index (χ2n) is 6.32. The number of amides is 1. The number of thioether (sulfide) groups is 1. The fourth-order valence-corrected chi connectivity index (χ4v) is 3.82. The van der Waals surface area contributed by atoms with Gasteiger partial charge in [0.25, 0.3) is 0 Å². The fraction of sp³-hybridized carbons (Fsp3) is 0.263. The largest absolute Gasteiger partial charge is 0.494 e. The standard InChI is InChI=1S/C19H20ClN5O2S/c1-11-5-6-16(27-4)15(9-11)25-19(22-23-24-25)28-10-17(26)21-18-13(3)7-12(2)8-14(18)20/h5-9H,10H2,1-4H3,(H,21,26). The lowest BCUT2D eigenvalue weighted by Crippen LogP contribution is -2.16. The lowest BCUT2D eigenvalue weighted by molar-refractivity contribution is -0.113. The molecular formula is C19H20ClN5O2S. The van der Waals surface area contributed by atoms with E-state index in [1.165, 1.54) is 11.8 Å². The van der Waals surface area contributed by atoms with Crippen LogP contribution in [0.15, 0.2) is 35.5 Å². The van der Waals surface area contributed by atoms with E-state index in [0.717, 1.165) is 16.7 Å². The Bertz CT molecular complexity index is 998. The van der Waals surface area contributed by atoms with Gasteiger partial charge in [0.2, 0.25) is 11.1 Å². The maximum absolute atomic E-state index is 12.4. The van der Waals surface area contributed by atoms with Crippen molar-refractivity contribution in [2.75, 3.05) is 18.2 Å². The molecule has 0 saturated heterocycles. The van der Waals surface area contributed by atoms with Gasteiger partial charge in [0.1, 0.15) is 11.4 Å². The van der Waals surface area contributed by atoms with Crippen LogP contribution in [-0.4, -0.2) is 39.0 Å². The molecule has 0 fully saturated rings. The predicted molar refractivity (Wildman–Crippen MR) is 111 cm³/mol. The molecule has 0 aliphatic carbocycles. The number of hydrogen-bond donors (Lipinski definition) is 1. The number of tetrazole rings is 1. The summed E-state index contributed by atoms with van der Waals surface area (Å²) in [5.41, 5.74) is 4.34. The van der Waals surface area contributed by atoms with Crippen molar-refractivity contribution in [1.29, 1.82) is 0 Å². The van der Waals surface area contributed by atoms with Crippen LogP contribution < -0.4 is 10.1 Å². The summed E-state index contributed by atoms with van der Waals surface area (Å²) in [6.07, 6.45) is 0. The van der Waals surface area contributed by atoms with Gasteiger partial charge in [0, 0.05) is 0 Å². The van der Waals surface area contributed by atoms with E-state index < -0.39 is 0 Å². The minimum Gasteiger partial charge on any atom is -0.494 e. The zero-order valence-corrected chi connectivity index (χ0v) is 17.6. The number of nitrogens with zero attached hydrogens (tertiary/aromatic N) is 4. The molecule has 1 heterocycles. The molecule has 3 aromatic rings. The van der Waals surface area contributed by atoms with E-state index in [4.69, 9.17) is 16.3 Å². The van der Waals surface area contributed by atoms with E-state index in [1.807, 2.05) is 51.1 Å². The summed E-state index contributed by atoms with van der Waals surface area (Å²) in [4.78, 5) is 12.4. The van der Waals surface area contributed by atoms with Crippen LogP contribution in [0.2, 0.25) is 5.02 Å². The van der Waals surface area contributed by atoms with Gasteiger partial charge in [-0.25, -0.2) is 0 Å². The number of rotatable bonds is 6. The van der Waals surface area contributed by atoms with Gasteiger partial charge in [-0.1, -0.05) is 35.5 Å². The summed E-state index contributed by atoms with van der Waals surface area (Å²) in [6, 6.07) is 9.52. The van der Waals surface area contributed by atoms with Gasteiger partial charge in [-0.15, -0.1) is 5.10 Å². The highest BCUT2D eigenvalue weighted by molar-refractivity contribution is 7.99. The van der Waals surface area contributed by atoms with Crippen LogP contribution in [0.25, 0.3) is 5.69 Å². The first kappa shape index (κ1) is 20.2. The van der Waals surface area contributed by atoms with Crippen LogP contribution >= 0.6 is 23.4 Å². The van der Waals surface area contributed by atoms with Gasteiger partial charge >= 0.3 is 0 Å². The number of nitrogens with one attached hydrogen (secondary N) is 1. The molecule has 0 radical (unpaired) electrons. The number of methoxy groups -OCH3 is 1. The van der Waals surface area contributed by atoms with Crippen LogP contribution in [0.4, 0.5) is 5.69 Å². The van der Waals surface area contributed by atoms with Crippen molar-refractivity contribution in [2.45, 2.75) is 25.9 Å². The van der Waals surface area contributed by atoms with Gasteiger partial charge in [0.05, 0.1) is 23.6 Å². The number of anilines is 1. The lowest BCUT2D eigenvalue weighted by Gasteiger charge is -2.12. The van der Waals surface area contributed by atoms with Crippen LogP contribution in [0.1, 0.15) is 16.7 Å². The number of carbonyl (C=O) groups is 1. The Kier molecular flexibility index (Phi) is 6.21. The maximum Gasteiger partial charge on any atom is 0.234 e. The van der Waals surface area contributed by atoms with Gasteiger partial charge in [0.15, 0.2) is 0 Å². The van der Waals surface area contributed by atoms with Crippen molar-refractivity contribution >= 4 is 35.0 Å². The van der Waals surface area contributed by atoms with Crippen molar-refractivity contribution in [3.63, 3.8) is 0 Å². The predicted octanol–water partition coefficient (Wildman–Crippen LogP) is 3.98. The number of halogens is 1. The molecule has 3 rings (SSSR count). The van der Waals surface area contributed by atoms with Crippen LogP contribution in [0.3, 0.4) is 0 Å². The molecule has 0 unspecified atom stereocenters. The minimum absolute atomic E-state index is 0.137. The third-order valence-electron chi connectivity index (χ3n) is 4.03. The van der Waals surface area contributed by atoms with Gasteiger partial charge in [-0.05, 0) is 66.1 Å². The Morgan fingerprint density at radius 2 is 2.00 bits per heavy atom. The average Bonchev–Trinajstić information content (AvgIpc) is 3.11. The lowest BCUT2D eigenvalue weighted by atomic mass is 10.1. The summed E-state index contributed by atoms with van der Waals surface area (Å²) >= 11 is 7.49. The molecule has 0 aliphatic rings. The zero-order valence-electron chi connectivity index (χ0n) is 16.0. The van der Waals surface area contributed by atoms with E-state index in [1.54, 1.807) is 11.8 Å². The molecule has 0 aliphatic heterocycles. The zero-order chi connectivity index (χ0) is 20.3. The third kappa shape index (κ3) is 4.45. The molecule has 0 spiro atoms. The highest BCUT2D eigenvalue weighted by atomic mass is 35.5. The van der Waals surface area contributed by atoms with Crippen molar-refractivity contribution in [1.82, 2.24) is 20.2 Å². The molecule has 2 aromatic carbocycles. The first-order chi connectivity index (χ1) is 13.4. The highest BCUT2D eigenvalue weighted by Gasteiger charge is 2.16. The van der Waals surface area contributed by atoms with Gasteiger partial charge in [-0.2, -0.15) is 4.68 Å². The Morgan fingerprint density at radius 1 is 1.21 bits per heavy atom. The number of aromatic nitrogens is 4. The molecule has 0 bridgehead atoms. The molecule has 9 heteroatoms. The summed E-state index contributed by atoms with van der Waals surface area (Å²) in [7, 11) is 1.59. The second-order valence-corrected chi connectivity index (χ2v) is 7.67. The molecule has 1 aromatic heterocycles. The van der Waals surface area contributed by atoms with Gasteiger partial charge in [-0.3, -0.25) is 4.79 Å².